The molecule has 1 fully saturated rings. The zero-order valence-corrected chi connectivity index (χ0v) is 14.3. The van der Waals surface area contributed by atoms with Crippen LogP contribution in [0.5, 0.6) is 11.5 Å². The van der Waals surface area contributed by atoms with Crippen LogP contribution in [0.1, 0.15) is 19.3 Å². The minimum Gasteiger partial charge on any atom is -0.453 e. The molecule has 3 amide bonds. The summed E-state index contributed by atoms with van der Waals surface area (Å²) in [5, 5.41) is 5.41. The summed E-state index contributed by atoms with van der Waals surface area (Å²) in [6, 6.07) is 6.79. The van der Waals surface area contributed by atoms with E-state index in [2.05, 4.69) is 20.6 Å². The molecule has 27 heavy (non-hydrogen) atoms. The fourth-order valence-electron chi connectivity index (χ4n) is 2.73. The molecule has 0 unspecified atom stereocenters. The van der Waals surface area contributed by atoms with Crippen molar-refractivity contribution in [1.29, 1.82) is 0 Å². The van der Waals surface area contributed by atoms with Crippen LogP contribution >= 0.6 is 0 Å². The quantitative estimate of drug-likeness (QED) is 0.635. The minimum absolute atomic E-state index is 0.0134. The van der Waals surface area contributed by atoms with Crippen LogP contribution in [0.3, 0.4) is 0 Å². The zero-order chi connectivity index (χ0) is 18.8. The van der Waals surface area contributed by atoms with Crippen molar-refractivity contribution in [1.82, 2.24) is 15.3 Å². The third kappa shape index (κ3) is 4.05. The fraction of sp³-hybridized carbons (Fsp3) is 0.211. The van der Waals surface area contributed by atoms with Crippen molar-refractivity contribution in [3.8, 4) is 11.5 Å². The van der Waals surface area contributed by atoms with E-state index in [4.69, 9.17) is 4.74 Å². The number of fused-ring (bicyclic) bond motifs is 1. The number of H-pyrrole nitrogens is 1. The van der Waals surface area contributed by atoms with Gasteiger partial charge in [0.15, 0.2) is 11.6 Å². The topological polar surface area (TPSA) is 96.1 Å². The lowest BCUT2D eigenvalue weighted by Gasteiger charge is -2.10. The van der Waals surface area contributed by atoms with E-state index in [1.165, 1.54) is 12.1 Å². The van der Waals surface area contributed by atoms with E-state index in [0.717, 1.165) is 24.3 Å². The van der Waals surface area contributed by atoms with Gasteiger partial charge in [-0.05, 0) is 43.0 Å². The summed E-state index contributed by atoms with van der Waals surface area (Å²) in [5.41, 5.74) is 0.858. The monoisotopic (exact) mass is 368 g/mol. The summed E-state index contributed by atoms with van der Waals surface area (Å²) in [6.07, 6.45) is 5.67. The second-order valence-corrected chi connectivity index (χ2v) is 6.45. The van der Waals surface area contributed by atoms with Gasteiger partial charge in [0, 0.05) is 30.6 Å². The Balaban J connectivity index is 1.42. The molecule has 0 atom stereocenters. The van der Waals surface area contributed by atoms with Crippen molar-refractivity contribution in [2.24, 2.45) is 5.92 Å². The Morgan fingerprint density at radius 2 is 2.07 bits per heavy atom. The molecule has 1 aliphatic rings. The van der Waals surface area contributed by atoms with E-state index >= 15 is 0 Å². The Bertz CT molecular complexity index is 1010. The highest BCUT2D eigenvalue weighted by atomic mass is 19.1. The molecule has 8 heteroatoms. The highest BCUT2D eigenvalue weighted by molar-refractivity contribution is 6.01. The first-order valence-electron chi connectivity index (χ1n) is 8.59. The third-order valence-electron chi connectivity index (χ3n) is 4.25. The maximum Gasteiger partial charge on any atom is 0.325 e. The number of ether oxygens (including phenoxy) is 1. The van der Waals surface area contributed by atoms with Crippen LogP contribution in [0.25, 0.3) is 11.0 Å². The molecule has 138 valence electrons. The van der Waals surface area contributed by atoms with E-state index in [1.807, 2.05) is 0 Å². The zero-order valence-electron chi connectivity index (χ0n) is 14.3. The minimum atomic E-state index is -0.683. The van der Waals surface area contributed by atoms with E-state index in [-0.39, 0.29) is 17.3 Å². The first-order valence-corrected chi connectivity index (χ1v) is 8.59. The van der Waals surface area contributed by atoms with Gasteiger partial charge in [-0.25, -0.2) is 14.2 Å². The molecular formula is C19H17FN4O3. The van der Waals surface area contributed by atoms with Crippen LogP contribution in [-0.4, -0.2) is 21.9 Å². The van der Waals surface area contributed by atoms with Crippen molar-refractivity contribution in [2.75, 3.05) is 5.32 Å². The molecule has 3 N–H and O–H groups in total. The van der Waals surface area contributed by atoms with Crippen LogP contribution in [-0.2, 0) is 4.79 Å². The largest absolute Gasteiger partial charge is 0.453 e. The summed E-state index contributed by atoms with van der Waals surface area (Å²) in [7, 11) is 0. The number of nitrogens with one attached hydrogen (secondary N) is 3. The number of pyridine rings is 1. The molecule has 2 aromatic heterocycles. The Labute approximate surface area is 153 Å². The number of anilines is 1. The molecule has 7 nitrogen and oxygen atoms in total. The Morgan fingerprint density at radius 1 is 1.22 bits per heavy atom. The Kier molecular flexibility index (Phi) is 4.45. The summed E-state index contributed by atoms with van der Waals surface area (Å²) < 4.78 is 20.0. The second-order valence-electron chi connectivity index (χ2n) is 6.45. The molecule has 2 heterocycles. The highest BCUT2D eigenvalue weighted by Crippen LogP contribution is 2.32. The van der Waals surface area contributed by atoms with Gasteiger partial charge < -0.3 is 15.0 Å². The number of hydrogen-bond donors (Lipinski definition) is 3. The molecular weight excluding hydrogens is 351 g/mol. The number of urea groups is 1. The molecule has 0 saturated heterocycles. The molecule has 1 aromatic carbocycles. The smallest absolute Gasteiger partial charge is 0.325 e. The predicted molar refractivity (Wildman–Crippen MR) is 97.1 cm³/mol. The van der Waals surface area contributed by atoms with Crippen molar-refractivity contribution in [3.05, 3.63) is 48.5 Å². The van der Waals surface area contributed by atoms with Gasteiger partial charge in [0.05, 0.1) is 5.39 Å². The number of aromatic amines is 1. The van der Waals surface area contributed by atoms with Gasteiger partial charge >= 0.3 is 6.03 Å². The number of aromatic nitrogens is 2. The van der Waals surface area contributed by atoms with Crippen LogP contribution in [0.15, 0.2) is 42.7 Å². The fourth-order valence-corrected chi connectivity index (χ4v) is 2.73. The van der Waals surface area contributed by atoms with Crippen LogP contribution in [0, 0.1) is 11.7 Å². The Hall–Kier alpha value is -3.42. The van der Waals surface area contributed by atoms with E-state index in [1.54, 1.807) is 24.5 Å². The SMILES string of the molecule is O=C(CC1CC1)NC(=O)Nc1ccc(Oc2ccnc3[nH]ccc23)c(F)c1. The number of rotatable bonds is 5. The summed E-state index contributed by atoms with van der Waals surface area (Å²) in [4.78, 5) is 30.6. The molecule has 3 aromatic rings. The maximum atomic E-state index is 14.4. The lowest BCUT2D eigenvalue weighted by atomic mass is 10.2. The number of benzene rings is 1. The van der Waals surface area contributed by atoms with Gasteiger partial charge in [-0.3, -0.25) is 10.1 Å². The van der Waals surface area contributed by atoms with E-state index in [0.29, 0.717) is 23.7 Å². The van der Waals surface area contributed by atoms with Gasteiger partial charge in [0.1, 0.15) is 11.4 Å². The van der Waals surface area contributed by atoms with Crippen LogP contribution < -0.4 is 15.4 Å². The van der Waals surface area contributed by atoms with Gasteiger partial charge in [-0.15, -0.1) is 0 Å². The van der Waals surface area contributed by atoms with Crippen molar-refractivity contribution in [2.45, 2.75) is 19.3 Å². The van der Waals surface area contributed by atoms with Crippen molar-refractivity contribution in [3.63, 3.8) is 0 Å². The number of hydrogen-bond acceptors (Lipinski definition) is 4. The lowest BCUT2D eigenvalue weighted by Crippen LogP contribution is -2.34. The van der Waals surface area contributed by atoms with Gasteiger partial charge in [0.25, 0.3) is 0 Å². The summed E-state index contributed by atoms with van der Waals surface area (Å²) >= 11 is 0. The molecule has 1 saturated carbocycles. The van der Waals surface area contributed by atoms with Crippen LogP contribution in [0.4, 0.5) is 14.9 Å². The normalized spacial score (nSPS) is 13.4. The van der Waals surface area contributed by atoms with Crippen LogP contribution in [0.2, 0.25) is 0 Å². The molecule has 4 rings (SSSR count). The Morgan fingerprint density at radius 3 is 2.85 bits per heavy atom. The van der Waals surface area contributed by atoms with Gasteiger partial charge in [-0.2, -0.15) is 0 Å². The lowest BCUT2D eigenvalue weighted by molar-refractivity contribution is -0.120. The summed E-state index contributed by atoms with van der Waals surface area (Å²) in [6.45, 7) is 0. The maximum absolute atomic E-state index is 14.4. The van der Waals surface area contributed by atoms with Gasteiger partial charge in [0.2, 0.25) is 5.91 Å². The first-order chi connectivity index (χ1) is 13.1. The molecule has 0 radical (unpaired) electrons. The summed E-state index contributed by atoms with van der Waals surface area (Å²) in [5.74, 6) is -0.115. The highest BCUT2D eigenvalue weighted by Gasteiger charge is 2.25. The van der Waals surface area contributed by atoms with Gasteiger partial charge in [-0.1, -0.05) is 0 Å². The predicted octanol–water partition coefficient (Wildman–Crippen LogP) is 3.94. The number of carbonyl (C=O) groups excluding carboxylic acids is 2. The first kappa shape index (κ1) is 17.0. The average Bonchev–Trinajstić information content (AvgIpc) is 3.29. The third-order valence-corrected chi connectivity index (χ3v) is 4.25. The number of carbonyl (C=O) groups is 2. The number of imide groups is 1. The van der Waals surface area contributed by atoms with E-state index < -0.39 is 11.8 Å². The second kappa shape index (κ2) is 7.06. The standard InChI is InChI=1S/C19H17FN4O3/c20-14-10-12(23-19(26)24-17(25)9-11-1-2-11)3-4-16(14)27-15-6-8-22-18-13(15)5-7-21-18/h3-8,10-11H,1-2,9H2,(H,21,22)(H2,23,24,25,26). The van der Waals surface area contributed by atoms with Crippen molar-refractivity contribution >= 4 is 28.7 Å². The number of nitrogens with zero attached hydrogens (tertiary/aromatic N) is 1. The number of amides is 3. The molecule has 0 bridgehead atoms. The molecule has 0 spiro atoms. The number of halogens is 1. The molecule has 1 aliphatic carbocycles. The molecule has 0 aliphatic heterocycles. The van der Waals surface area contributed by atoms with E-state index in [9.17, 15) is 14.0 Å². The van der Waals surface area contributed by atoms with Crippen molar-refractivity contribution < 1.29 is 18.7 Å². The average molecular weight is 368 g/mol.